The van der Waals surface area contributed by atoms with E-state index in [2.05, 4.69) is 44.0 Å². The molecule has 28 heavy (non-hydrogen) atoms. The van der Waals surface area contributed by atoms with Gasteiger partial charge in [-0.05, 0) is 56.1 Å². The molecule has 5 nitrogen and oxygen atoms in total. The van der Waals surface area contributed by atoms with Gasteiger partial charge < -0.3 is 9.80 Å². The first-order valence-corrected chi connectivity index (χ1v) is 10.5. The zero-order valence-corrected chi connectivity index (χ0v) is 16.6. The van der Waals surface area contributed by atoms with E-state index < -0.39 is 0 Å². The largest absolute Gasteiger partial charge is 0.341 e. The van der Waals surface area contributed by atoms with Gasteiger partial charge in [-0.2, -0.15) is 0 Å². The van der Waals surface area contributed by atoms with Crippen molar-refractivity contribution in [3.05, 3.63) is 53.9 Å². The predicted octanol–water partition coefficient (Wildman–Crippen LogP) is 3.55. The Morgan fingerprint density at radius 1 is 1.07 bits per heavy atom. The number of hydrogen-bond acceptors (Lipinski definition) is 4. The number of rotatable bonds is 3. The quantitative estimate of drug-likeness (QED) is 0.822. The molecule has 0 N–H and O–H groups in total. The van der Waals surface area contributed by atoms with Crippen LogP contribution in [0.15, 0.2) is 42.6 Å². The van der Waals surface area contributed by atoms with E-state index in [-0.39, 0.29) is 11.3 Å². The minimum atomic E-state index is 0.0114. The minimum Gasteiger partial charge on any atom is -0.341 e. The van der Waals surface area contributed by atoms with Crippen LogP contribution in [0.4, 0.5) is 5.95 Å². The maximum absolute atomic E-state index is 13.3. The van der Waals surface area contributed by atoms with Crippen molar-refractivity contribution in [3.8, 4) is 0 Å². The van der Waals surface area contributed by atoms with Crippen molar-refractivity contribution < 1.29 is 4.79 Å². The molecule has 1 atom stereocenters. The number of hydrogen-bond donors (Lipinski definition) is 0. The molecule has 5 heteroatoms. The summed E-state index contributed by atoms with van der Waals surface area (Å²) in [5.74, 6) is 1.21. The molecule has 2 saturated heterocycles. The topological polar surface area (TPSA) is 49.3 Å². The molecule has 146 valence electrons. The molecular formula is C23H28N4O. The molecule has 3 fully saturated rings. The number of nitrogens with zero attached hydrogens (tertiary/aromatic N) is 4. The van der Waals surface area contributed by atoms with Gasteiger partial charge in [0.15, 0.2) is 0 Å². The second-order valence-corrected chi connectivity index (χ2v) is 8.85. The van der Waals surface area contributed by atoms with Crippen molar-refractivity contribution in [1.29, 1.82) is 0 Å². The smallest absolute Gasteiger partial charge is 0.230 e. The molecule has 1 aromatic carbocycles. The average Bonchev–Trinajstić information content (AvgIpc) is 3.56. The van der Waals surface area contributed by atoms with Crippen molar-refractivity contribution in [3.63, 3.8) is 0 Å². The van der Waals surface area contributed by atoms with Gasteiger partial charge in [0.2, 0.25) is 11.9 Å². The van der Waals surface area contributed by atoms with E-state index >= 15 is 0 Å². The summed E-state index contributed by atoms with van der Waals surface area (Å²) in [6, 6.07) is 12.8. The van der Waals surface area contributed by atoms with Crippen molar-refractivity contribution in [2.45, 2.75) is 51.0 Å². The second kappa shape index (κ2) is 6.87. The summed E-state index contributed by atoms with van der Waals surface area (Å²) in [5, 5.41) is 0. The van der Waals surface area contributed by atoms with Gasteiger partial charge in [-0.25, -0.2) is 9.97 Å². The standard InChI is InChI=1S/C23H28N4O/c1-17-9-12-24-22(25-17)26-13-10-23(11-14-26)15-20(18-5-3-2-4-6-18)21(28)27(16-23)19-7-8-19/h2-6,9,12,19-20H,7-8,10-11,13-16H2,1H3/t20-/m0/s1. The van der Waals surface area contributed by atoms with Crippen LogP contribution in [-0.2, 0) is 4.79 Å². The Morgan fingerprint density at radius 3 is 2.50 bits per heavy atom. The Labute approximate surface area is 166 Å². The van der Waals surface area contributed by atoms with Crippen molar-refractivity contribution in [1.82, 2.24) is 14.9 Å². The Morgan fingerprint density at radius 2 is 1.82 bits per heavy atom. The van der Waals surface area contributed by atoms with Crippen LogP contribution in [0.2, 0.25) is 0 Å². The molecule has 5 rings (SSSR count). The Balaban J connectivity index is 1.37. The van der Waals surface area contributed by atoms with E-state index in [0.29, 0.717) is 11.9 Å². The molecule has 1 spiro atoms. The Hall–Kier alpha value is -2.43. The monoisotopic (exact) mass is 376 g/mol. The van der Waals surface area contributed by atoms with E-state index in [1.165, 1.54) is 18.4 Å². The van der Waals surface area contributed by atoms with E-state index in [1.54, 1.807) is 0 Å². The van der Waals surface area contributed by atoms with Crippen LogP contribution in [0, 0.1) is 12.3 Å². The maximum Gasteiger partial charge on any atom is 0.230 e. The lowest BCUT2D eigenvalue weighted by Crippen LogP contribution is -2.54. The molecule has 2 aliphatic heterocycles. The summed E-state index contributed by atoms with van der Waals surface area (Å²) in [6.45, 7) is 4.89. The summed E-state index contributed by atoms with van der Waals surface area (Å²) in [7, 11) is 0. The van der Waals surface area contributed by atoms with Crippen LogP contribution in [-0.4, -0.2) is 46.5 Å². The fourth-order valence-electron chi connectivity index (χ4n) is 5.00. The highest BCUT2D eigenvalue weighted by atomic mass is 16.2. The first kappa shape index (κ1) is 17.7. The average molecular weight is 377 g/mol. The third-order valence-corrected chi connectivity index (χ3v) is 6.80. The molecule has 1 saturated carbocycles. The number of carbonyl (C=O) groups is 1. The van der Waals surface area contributed by atoms with Crippen molar-refractivity contribution >= 4 is 11.9 Å². The number of anilines is 1. The summed E-state index contributed by atoms with van der Waals surface area (Å²) < 4.78 is 0. The highest BCUT2D eigenvalue weighted by Gasteiger charge is 2.49. The predicted molar refractivity (Wildman–Crippen MR) is 109 cm³/mol. The molecule has 3 aliphatic rings. The minimum absolute atomic E-state index is 0.0114. The maximum atomic E-state index is 13.3. The molecule has 1 aliphatic carbocycles. The molecule has 0 radical (unpaired) electrons. The summed E-state index contributed by atoms with van der Waals surface area (Å²) in [4.78, 5) is 26.9. The van der Waals surface area contributed by atoms with Crippen LogP contribution in [0.5, 0.6) is 0 Å². The van der Waals surface area contributed by atoms with E-state index in [9.17, 15) is 4.79 Å². The first-order chi connectivity index (χ1) is 13.6. The van der Waals surface area contributed by atoms with Crippen LogP contribution in [0.1, 0.15) is 49.3 Å². The second-order valence-electron chi connectivity index (χ2n) is 8.85. The number of aryl methyl sites for hydroxylation is 1. The molecule has 0 unspecified atom stereocenters. The van der Waals surface area contributed by atoms with E-state index in [0.717, 1.165) is 50.5 Å². The lowest BCUT2D eigenvalue weighted by Gasteiger charge is -2.50. The number of likely N-dealkylation sites (tertiary alicyclic amines) is 1. The molecule has 1 aromatic heterocycles. The first-order valence-electron chi connectivity index (χ1n) is 10.5. The molecule has 0 bridgehead atoms. The molecular weight excluding hydrogens is 348 g/mol. The van der Waals surface area contributed by atoms with E-state index in [1.807, 2.05) is 25.3 Å². The zero-order chi connectivity index (χ0) is 19.1. The number of carbonyl (C=O) groups excluding carboxylic acids is 1. The van der Waals surface area contributed by atoms with Crippen LogP contribution in [0.3, 0.4) is 0 Å². The molecule has 2 aromatic rings. The normalized spacial score (nSPS) is 24.6. The molecule has 1 amide bonds. The van der Waals surface area contributed by atoms with Gasteiger partial charge in [-0.3, -0.25) is 4.79 Å². The number of piperidine rings is 2. The van der Waals surface area contributed by atoms with E-state index in [4.69, 9.17) is 0 Å². The van der Waals surface area contributed by atoms with Gasteiger partial charge in [0.25, 0.3) is 0 Å². The van der Waals surface area contributed by atoms with Gasteiger partial charge >= 0.3 is 0 Å². The van der Waals surface area contributed by atoms with Gasteiger partial charge in [-0.1, -0.05) is 30.3 Å². The van der Waals surface area contributed by atoms with Gasteiger partial charge in [0.05, 0.1) is 5.92 Å². The summed E-state index contributed by atoms with van der Waals surface area (Å²) in [6.07, 6.45) is 7.37. The zero-order valence-electron chi connectivity index (χ0n) is 16.6. The van der Waals surface area contributed by atoms with Crippen LogP contribution < -0.4 is 4.90 Å². The van der Waals surface area contributed by atoms with Crippen molar-refractivity contribution in [2.24, 2.45) is 5.41 Å². The lowest BCUT2D eigenvalue weighted by atomic mass is 9.67. The number of benzene rings is 1. The highest BCUT2D eigenvalue weighted by molar-refractivity contribution is 5.85. The third kappa shape index (κ3) is 3.27. The Kier molecular flexibility index (Phi) is 4.33. The fraction of sp³-hybridized carbons (Fsp3) is 0.522. The number of aromatic nitrogens is 2. The van der Waals surface area contributed by atoms with Crippen LogP contribution >= 0.6 is 0 Å². The van der Waals surface area contributed by atoms with Crippen LogP contribution in [0.25, 0.3) is 0 Å². The number of amides is 1. The van der Waals surface area contributed by atoms with Gasteiger partial charge in [-0.15, -0.1) is 0 Å². The SMILES string of the molecule is Cc1ccnc(N2CCC3(CC2)C[C@@H](c2ccccc2)C(=O)N(C2CC2)C3)n1. The van der Waals surface area contributed by atoms with Crippen molar-refractivity contribution in [2.75, 3.05) is 24.5 Å². The van der Waals surface area contributed by atoms with Gasteiger partial charge in [0, 0.05) is 37.6 Å². The highest BCUT2D eigenvalue weighted by Crippen LogP contribution is 2.48. The summed E-state index contributed by atoms with van der Waals surface area (Å²) >= 11 is 0. The fourth-order valence-corrected chi connectivity index (χ4v) is 5.00. The lowest BCUT2D eigenvalue weighted by molar-refractivity contribution is -0.141. The van der Waals surface area contributed by atoms with Gasteiger partial charge in [0.1, 0.15) is 0 Å². The third-order valence-electron chi connectivity index (χ3n) is 6.80. The summed E-state index contributed by atoms with van der Waals surface area (Å²) in [5.41, 5.74) is 2.41. The molecule has 3 heterocycles. The Bertz CT molecular complexity index is 856.